The largest absolute Gasteiger partial charge is 0.497 e. The maximum atomic E-state index is 12.7. The number of rotatable bonds is 40. The lowest BCUT2D eigenvalue weighted by Crippen LogP contribution is -2.68. The van der Waals surface area contributed by atoms with Crippen molar-refractivity contribution in [3.05, 3.63) is 24.3 Å². The van der Waals surface area contributed by atoms with Crippen LogP contribution in [0.3, 0.4) is 0 Å². The molecular formula is C65H103N3O37. The Kier molecular flexibility index (Phi) is 34.7. The van der Waals surface area contributed by atoms with Gasteiger partial charge in [0, 0.05) is 47.2 Å². The van der Waals surface area contributed by atoms with E-state index in [-0.39, 0.29) is 32.2 Å². The number of nitrogens with one attached hydrogen (secondary N) is 3. The molecule has 0 radical (unpaired) electrons. The number of aliphatic carboxylic acids is 3. The molecule has 19 N–H and O–H groups in total. The molecule has 0 bridgehead atoms. The van der Waals surface area contributed by atoms with Crippen LogP contribution in [0.1, 0.15) is 97.8 Å². The predicted molar refractivity (Wildman–Crippen MR) is 344 cm³/mol. The van der Waals surface area contributed by atoms with Gasteiger partial charge in [-0.15, -0.1) is 0 Å². The number of carboxylic acids is 3. The summed E-state index contributed by atoms with van der Waals surface area (Å²) < 4.78 is 85.6. The third-order valence-corrected chi connectivity index (χ3v) is 18.5. The summed E-state index contributed by atoms with van der Waals surface area (Å²) >= 11 is 0. The fourth-order valence-corrected chi connectivity index (χ4v) is 13.0. The summed E-state index contributed by atoms with van der Waals surface area (Å²) in [5.41, 5.74) is 0. The third kappa shape index (κ3) is 23.3. The number of aliphatic hydroxyl groups is 13. The Morgan fingerprint density at radius 2 is 0.638 bits per heavy atom. The number of benzene rings is 1. The van der Waals surface area contributed by atoms with Crippen molar-refractivity contribution in [1.82, 2.24) is 16.0 Å². The summed E-state index contributed by atoms with van der Waals surface area (Å²) in [7, 11) is 1.44. The number of ether oxygens (including phenoxy) is 15. The van der Waals surface area contributed by atoms with E-state index >= 15 is 0 Å². The van der Waals surface area contributed by atoms with E-state index in [9.17, 15) is 110 Å². The standard InChI is InChI=1S/C65H103N3O37/c1-28(72)66-36-42(78)39(75)33(25-69)97-60(36)100-51-43(79)46(82)63(103-54(51)57(85)86)94-23-15-11-7-5-9-13-21-92-49-37(67-29(2)73)61(98-34(26-70)40(49)76)101-52-44(80)47(83)64(104-55(52)58(87)88)95-24-16-12-8-6-10-14-22-93-50-38(68-30(3)74)62(99-35(27-71)41(50)77)102-53-45(81)48(84)65(105-56(53)59(89)90)96-32-19-17-31(91-4)18-20-32/h17-20,33-56,60-65,69-71,75-84H,5-16,21-27H2,1-4H3,(H,66,72)(H,67,73)(H,68,74)(H,85,86)(H,87,88)(H,89,90)/t33-,34-,35-,36-,37-,38-,39+,40+,41+,42-,43-,44-,45-,46-,47-,48-,49-,50-,51+,52+,53+,54+,55+,56+,60+,61+,62+,63-,64-,65-/m1/s1. The highest BCUT2D eigenvalue weighted by Gasteiger charge is 2.58. The summed E-state index contributed by atoms with van der Waals surface area (Å²) in [6, 6.07) is 1.75. The van der Waals surface area contributed by atoms with Crippen LogP contribution < -0.4 is 25.4 Å². The summed E-state index contributed by atoms with van der Waals surface area (Å²) in [5, 5.41) is 178. The van der Waals surface area contributed by atoms with Gasteiger partial charge in [0.2, 0.25) is 24.0 Å². The van der Waals surface area contributed by atoms with Crippen LogP contribution in [0, 0.1) is 0 Å². The van der Waals surface area contributed by atoms with Crippen LogP contribution in [0.15, 0.2) is 24.3 Å². The molecule has 0 spiro atoms. The molecule has 6 saturated heterocycles. The quantitative estimate of drug-likeness (QED) is 0.0272. The van der Waals surface area contributed by atoms with Crippen LogP contribution in [-0.4, -0.2) is 355 Å². The number of aliphatic hydroxyl groups excluding tert-OH is 13. The monoisotopic (exact) mass is 1520 g/mol. The molecule has 40 nitrogen and oxygen atoms in total. The topological polar surface area (TPSA) is 601 Å². The Balaban J connectivity index is 0.815. The summed E-state index contributed by atoms with van der Waals surface area (Å²) in [6.45, 7) is 0.816. The minimum absolute atomic E-state index is 0.00486. The van der Waals surface area contributed by atoms with Crippen molar-refractivity contribution in [1.29, 1.82) is 0 Å². The zero-order chi connectivity index (χ0) is 76.9. The van der Waals surface area contributed by atoms with Gasteiger partial charge < -0.3 is 169 Å². The molecule has 6 aliphatic rings. The van der Waals surface area contributed by atoms with Gasteiger partial charge in [-0.2, -0.15) is 0 Å². The first-order chi connectivity index (χ1) is 50.0. The van der Waals surface area contributed by atoms with E-state index < -0.39 is 239 Å². The van der Waals surface area contributed by atoms with Crippen molar-refractivity contribution in [3.63, 3.8) is 0 Å². The van der Waals surface area contributed by atoms with Crippen LogP contribution >= 0.6 is 0 Å². The summed E-state index contributed by atoms with van der Waals surface area (Å²) in [5.74, 6) is -6.30. The van der Waals surface area contributed by atoms with Gasteiger partial charge in [-0.05, 0) is 49.9 Å². The highest BCUT2D eigenvalue weighted by molar-refractivity contribution is 5.75. The average molecular weight is 1520 g/mol. The third-order valence-electron chi connectivity index (χ3n) is 18.5. The number of carbonyl (C=O) groups excluding carboxylic acids is 3. The first kappa shape index (κ1) is 86.8. The van der Waals surface area contributed by atoms with Gasteiger partial charge in [-0.25, -0.2) is 14.4 Å². The minimum atomic E-state index is -2.01. The Morgan fingerprint density at radius 3 is 0.971 bits per heavy atom. The molecule has 0 aliphatic carbocycles. The molecule has 6 aliphatic heterocycles. The molecule has 7 rings (SSSR count). The number of unbranched alkanes of at least 4 members (excludes halogenated alkanes) is 10. The van der Waals surface area contributed by atoms with Crippen molar-refractivity contribution in [2.24, 2.45) is 0 Å². The number of amides is 3. The number of carboxylic acid groups (broad SMARTS) is 3. The molecular weight excluding hydrogens is 1410 g/mol. The van der Waals surface area contributed by atoms with E-state index in [1.54, 1.807) is 0 Å². The average Bonchev–Trinajstić information content (AvgIpc) is 0.784. The second-order valence-corrected chi connectivity index (χ2v) is 26.3. The lowest BCUT2D eigenvalue weighted by Gasteiger charge is -2.47. The van der Waals surface area contributed by atoms with Crippen LogP contribution in [0.2, 0.25) is 0 Å². The molecule has 1 aromatic rings. The Morgan fingerprint density at radius 1 is 0.343 bits per heavy atom. The smallest absolute Gasteiger partial charge is 0.335 e. The van der Waals surface area contributed by atoms with Gasteiger partial charge >= 0.3 is 17.9 Å². The van der Waals surface area contributed by atoms with Crippen molar-refractivity contribution in [2.45, 2.75) is 282 Å². The van der Waals surface area contributed by atoms with Crippen LogP contribution in [0.5, 0.6) is 11.5 Å². The van der Waals surface area contributed by atoms with Crippen molar-refractivity contribution < 1.29 is 182 Å². The number of carbonyl (C=O) groups is 6. The van der Waals surface area contributed by atoms with Crippen LogP contribution in [0.4, 0.5) is 0 Å². The maximum absolute atomic E-state index is 12.7. The number of hydrogen-bond donors (Lipinski definition) is 19. The van der Waals surface area contributed by atoms with Gasteiger partial charge in [-0.1, -0.05) is 51.4 Å². The zero-order valence-corrected chi connectivity index (χ0v) is 58.3. The molecule has 6 heterocycles. The Labute approximate surface area is 602 Å². The maximum Gasteiger partial charge on any atom is 0.335 e. The zero-order valence-electron chi connectivity index (χ0n) is 58.3. The van der Waals surface area contributed by atoms with E-state index in [0.717, 1.165) is 20.8 Å². The molecule has 0 aromatic heterocycles. The van der Waals surface area contributed by atoms with Crippen molar-refractivity contribution in [2.75, 3.05) is 53.4 Å². The highest BCUT2D eigenvalue weighted by atomic mass is 16.8. The molecule has 3 amide bonds. The van der Waals surface area contributed by atoms with E-state index in [1.165, 1.54) is 31.4 Å². The minimum Gasteiger partial charge on any atom is -0.497 e. The van der Waals surface area contributed by atoms with Gasteiger partial charge in [0.15, 0.2) is 49.8 Å². The Hall–Kier alpha value is -5.40. The van der Waals surface area contributed by atoms with Crippen LogP contribution in [-0.2, 0) is 90.3 Å². The van der Waals surface area contributed by atoms with Gasteiger partial charge in [-0.3, -0.25) is 14.4 Å². The first-order valence-corrected chi connectivity index (χ1v) is 34.8. The van der Waals surface area contributed by atoms with E-state index in [0.29, 0.717) is 82.8 Å². The Bertz CT molecular complexity index is 2840. The fourth-order valence-electron chi connectivity index (χ4n) is 13.0. The SMILES string of the molecule is COc1ccc(O[C@@H]2O[C@H](C(=O)O)[C@@H](O[C@@H]3O[C@H](CO)[C@H](O)[C@H](OCCCCCCCCO[C@@H]4O[C@H](C(=O)O)[C@@H](O[C@@H]5O[C@H](CO)[C@H](O)[C@H](OCCCCCCCCO[C@@H]6O[C@H](C(=O)O)[C@@H](O[C@@H]7O[C@H](CO)[C@H](O)[C@H](O)[C@H]7NC(C)=O)[C@H](O)[C@H]6O)[C@H]5NC(C)=O)[C@H](O)[C@H]4O)[C@H]3NC(C)=O)[C@H](O)[C@H]2O)cc1. The first-order valence-electron chi connectivity index (χ1n) is 34.8. The van der Waals surface area contributed by atoms with Crippen molar-refractivity contribution >= 4 is 35.6 Å². The lowest BCUT2D eigenvalue weighted by molar-refractivity contribution is -0.342. The van der Waals surface area contributed by atoms with Gasteiger partial charge in [0.1, 0.15) is 139 Å². The molecule has 6 fully saturated rings. The van der Waals surface area contributed by atoms with Crippen LogP contribution in [0.25, 0.3) is 0 Å². The van der Waals surface area contributed by atoms with Crippen molar-refractivity contribution in [3.8, 4) is 11.5 Å². The number of hydrogen-bond acceptors (Lipinski definition) is 34. The summed E-state index contributed by atoms with van der Waals surface area (Å²) in [6.07, 6.45) is -40.4. The highest BCUT2D eigenvalue weighted by Crippen LogP contribution is 2.36. The normalized spacial score (nSPS) is 37.9. The van der Waals surface area contributed by atoms with E-state index in [2.05, 4.69) is 16.0 Å². The molecule has 30 atom stereocenters. The van der Waals surface area contributed by atoms with E-state index in [4.69, 9.17) is 71.1 Å². The van der Waals surface area contributed by atoms with Gasteiger partial charge in [0.25, 0.3) is 0 Å². The second-order valence-electron chi connectivity index (χ2n) is 26.3. The summed E-state index contributed by atoms with van der Waals surface area (Å²) in [4.78, 5) is 74.6. The molecule has 0 saturated carbocycles. The molecule has 1 aromatic carbocycles. The fraction of sp³-hybridized carbons (Fsp3) is 0.815. The molecule has 0 unspecified atom stereocenters. The lowest BCUT2D eigenvalue weighted by atomic mass is 9.95. The number of methoxy groups -OCH3 is 1. The second kappa shape index (κ2) is 42.0. The molecule has 105 heavy (non-hydrogen) atoms. The molecule has 40 heteroatoms. The van der Waals surface area contributed by atoms with E-state index in [1.807, 2.05) is 0 Å². The predicted octanol–water partition coefficient (Wildman–Crippen LogP) is -6.58. The molecule has 600 valence electrons. The van der Waals surface area contributed by atoms with Gasteiger partial charge in [0.05, 0.1) is 26.9 Å².